The molecule has 1 amide bonds. The molecule has 1 saturated heterocycles. The third-order valence-electron chi connectivity index (χ3n) is 5.35. The lowest BCUT2D eigenvalue weighted by molar-refractivity contribution is -0.121. The summed E-state index contributed by atoms with van der Waals surface area (Å²) < 4.78 is 13.7. The van der Waals surface area contributed by atoms with Gasteiger partial charge in [-0.25, -0.2) is 9.37 Å². The fourth-order valence-corrected chi connectivity index (χ4v) is 4.24. The average molecular weight is 419 g/mol. The van der Waals surface area contributed by atoms with Crippen LogP contribution < -0.4 is 5.32 Å². The Labute approximate surface area is 176 Å². The Morgan fingerprint density at radius 2 is 1.97 bits per heavy atom. The third kappa shape index (κ3) is 5.62. The number of aromatic nitrogens is 1. The van der Waals surface area contributed by atoms with E-state index in [1.54, 1.807) is 30.4 Å². The van der Waals surface area contributed by atoms with Crippen LogP contribution in [0.2, 0.25) is 0 Å². The van der Waals surface area contributed by atoms with Gasteiger partial charge in [0.05, 0.1) is 16.7 Å². The van der Waals surface area contributed by atoms with E-state index in [0.717, 1.165) is 38.4 Å². The van der Waals surface area contributed by atoms with Gasteiger partial charge in [0.1, 0.15) is 5.82 Å². The van der Waals surface area contributed by atoms with E-state index in [2.05, 4.69) is 41.3 Å². The van der Waals surface area contributed by atoms with Gasteiger partial charge in [-0.1, -0.05) is 26.8 Å². The van der Waals surface area contributed by atoms with Crippen molar-refractivity contribution >= 4 is 22.9 Å². The zero-order chi connectivity index (χ0) is 21.2. The minimum absolute atomic E-state index is 0.0881. The number of anilines is 1. The number of halogens is 1. The summed E-state index contributed by atoms with van der Waals surface area (Å²) in [6.07, 6.45) is 0. The molecule has 1 fully saturated rings. The van der Waals surface area contributed by atoms with E-state index in [9.17, 15) is 9.18 Å². The zero-order valence-electron chi connectivity index (χ0n) is 18.0. The molecule has 0 spiro atoms. The number of hydrogen-bond donors (Lipinski definition) is 1. The molecular weight excluding hydrogens is 387 g/mol. The molecule has 5 nitrogen and oxygen atoms in total. The molecule has 0 saturated carbocycles. The van der Waals surface area contributed by atoms with E-state index >= 15 is 0 Å². The molecule has 0 aliphatic carbocycles. The molecule has 2 aromatic rings. The molecule has 3 rings (SSSR count). The molecule has 0 bridgehead atoms. The van der Waals surface area contributed by atoms with Gasteiger partial charge in [-0.2, -0.15) is 0 Å². The van der Waals surface area contributed by atoms with E-state index in [1.807, 2.05) is 6.92 Å². The number of carbonyl (C=O) groups is 1. The third-order valence-corrected chi connectivity index (χ3v) is 6.67. The lowest BCUT2D eigenvalue weighted by atomic mass is 9.98. The van der Waals surface area contributed by atoms with E-state index in [4.69, 9.17) is 4.98 Å². The first-order valence-electron chi connectivity index (χ1n) is 10.1. The molecule has 29 heavy (non-hydrogen) atoms. The topological polar surface area (TPSA) is 48.5 Å². The van der Waals surface area contributed by atoms with Gasteiger partial charge in [0.2, 0.25) is 5.91 Å². The van der Waals surface area contributed by atoms with E-state index in [-0.39, 0.29) is 23.2 Å². The van der Waals surface area contributed by atoms with Gasteiger partial charge in [0.25, 0.3) is 0 Å². The second kappa shape index (κ2) is 8.90. The van der Waals surface area contributed by atoms with Crippen LogP contribution in [-0.4, -0.2) is 52.9 Å². The summed E-state index contributed by atoms with van der Waals surface area (Å²) in [4.78, 5) is 21.9. The first kappa shape index (κ1) is 21.9. The molecule has 1 atom stereocenters. The summed E-state index contributed by atoms with van der Waals surface area (Å²) in [5.74, 6) is -0.406. The summed E-state index contributed by atoms with van der Waals surface area (Å²) in [6.45, 7) is 14.5. The van der Waals surface area contributed by atoms with Crippen molar-refractivity contribution in [3.8, 4) is 0 Å². The number of nitrogens with zero attached hydrogens (tertiary/aromatic N) is 3. The van der Waals surface area contributed by atoms with Gasteiger partial charge in [-0.05, 0) is 31.5 Å². The van der Waals surface area contributed by atoms with E-state index in [1.165, 1.54) is 11.1 Å². The second-order valence-electron chi connectivity index (χ2n) is 8.84. The number of nitrogens with one attached hydrogen (secondary N) is 1. The molecule has 2 heterocycles. The standard InChI is InChI=1S/C22H31FN4OS/c1-15-6-7-17(12-19(15)23)24-20(28)16(2)27-10-8-26(9-11-27)13-18-14-29-21(25-18)22(3,4)5/h6-7,12,14,16H,8-11,13H2,1-5H3,(H,24,28). The summed E-state index contributed by atoms with van der Waals surface area (Å²) in [5, 5.41) is 6.16. The van der Waals surface area contributed by atoms with Crippen molar-refractivity contribution in [3.05, 3.63) is 45.7 Å². The van der Waals surface area contributed by atoms with Crippen molar-refractivity contribution in [2.24, 2.45) is 0 Å². The number of piperazine rings is 1. The quantitative estimate of drug-likeness (QED) is 0.796. The Morgan fingerprint density at radius 3 is 2.55 bits per heavy atom. The van der Waals surface area contributed by atoms with E-state index < -0.39 is 0 Å². The van der Waals surface area contributed by atoms with Crippen LogP contribution in [-0.2, 0) is 16.8 Å². The fourth-order valence-electron chi connectivity index (χ4n) is 3.35. The van der Waals surface area contributed by atoms with Crippen LogP contribution in [0.5, 0.6) is 0 Å². The summed E-state index contributed by atoms with van der Waals surface area (Å²) in [5.41, 5.74) is 2.29. The Bertz CT molecular complexity index is 853. The predicted molar refractivity (Wildman–Crippen MR) is 117 cm³/mol. The van der Waals surface area contributed by atoms with Crippen molar-refractivity contribution < 1.29 is 9.18 Å². The molecule has 1 aliphatic heterocycles. The SMILES string of the molecule is Cc1ccc(NC(=O)C(C)N2CCN(Cc3csc(C(C)(C)C)n3)CC2)cc1F. The predicted octanol–water partition coefficient (Wildman–Crippen LogP) is 4.03. The molecule has 1 N–H and O–H groups in total. The second-order valence-corrected chi connectivity index (χ2v) is 9.69. The van der Waals surface area contributed by atoms with Crippen molar-refractivity contribution in [3.63, 3.8) is 0 Å². The van der Waals surface area contributed by atoms with Crippen molar-refractivity contribution in [1.29, 1.82) is 0 Å². The maximum atomic E-state index is 13.7. The molecule has 0 radical (unpaired) electrons. The van der Waals surface area contributed by atoms with Crippen LogP contribution in [0, 0.1) is 12.7 Å². The summed E-state index contributed by atoms with van der Waals surface area (Å²) in [6, 6.07) is 4.53. The number of carbonyl (C=O) groups excluding carboxylic acids is 1. The number of aryl methyl sites for hydroxylation is 1. The summed E-state index contributed by atoms with van der Waals surface area (Å²) >= 11 is 1.73. The highest BCUT2D eigenvalue weighted by Crippen LogP contribution is 2.26. The number of amides is 1. The van der Waals surface area contributed by atoms with E-state index in [0.29, 0.717) is 11.3 Å². The lowest BCUT2D eigenvalue weighted by Crippen LogP contribution is -2.52. The van der Waals surface area contributed by atoms with Gasteiger partial charge in [0, 0.05) is 49.2 Å². The molecule has 1 aromatic carbocycles. The summed E-state index contributed by atoms with van der Waals surface area (Å²) in [7, 11) is 0. The van der Waals surface area contributed by atoms with Crippen LogP contribution >= 0.6 is 11.3 Å². The van der Waals surface area contributed by atoms with Gasteiger partial charge >= 0.3 is 0 Å². The Kier molecular flexibility index (Phi) is 6.71. The Balaban J connectivity index is 1.49. The normalized spacial score (nSPS) is 17.3. The Hall–Kier alpha value is -1.83. The van der Waals surface area contributed by atoms with Crippen LogP contribution in [0.4, 0.5) is 10.1 Å². The smallest absolute Gasteiger partial charge is 0.241 e. The van der Waals surface area contributed by atoms with Gasteiger partial charge in [0.15, 0.2) is 0 Å². The first-order valence-corrected chi connectivity index (χ1v) is 11.0. The molecule has 7 heteroatoms. The first-order chi connectivity index (χ1) is 13.6. The molecular formula is C22H31FN4OS. The monoisotopic (exact) mass is 418 g/mol. The maximum Gasteiger partial charge on any atom is 0.241 e. The minimum atomic E-state index is -0.305. The Morgan fingerprint density at radius 1 is 1.28 bits per heavy atom. The minimum Gasteiger partial charge on any atom is -0.325 e. The highest BCUT2D eigenvalue weighted by atomic mass is 32.1. The molecule has 1 unspecified atom stereocenters. The van der Waals surface area contributed by atoms with Crippen molar-refractivity contribution in [2.75, 3.05) is 31.5 Å². The number of rotatable bonds is 5. The molecule has 1 aliphatic rings. The van der Waals surface area contributed by atoms with Crippen LogP contribution in [0.1, 0.15) is 44.0 Å². The van der Waals surface area contributed by atoms with Crippen molar-refractivity contribution in [1.82, 2.24) is 14.8 Å². The van der Waals surface area contributed by atoms with Gasteiger partial charge in [-0.3, -0.25) is 14.6 Å². The largest absolute Gasteiger partial charge is 0.325 e. The fraction of sp³-hybridized carbons (Fsp3) is 0.545. The lowest BCUT2D eigenvalue weighted by Gasteiger charge is -2.37. The maximum absolute atomic E-state index is 13.7. The zero-order valence-corrected chi connectivity index (χ0v) is 18.8. The van der Waals surface area contributed by atoms with Crippen LogP contribution in [0.25, 0.3) is 0 Å². The van der Waals surface area contributed by atoms with Crippen molar-refractivity contribution in [2.45, 2.75) is 52.6 Å². The molecule has 158 valence electrons. The highest BCUT2D eigenvalue weighted by molar-refractivity contribution is 7.09. The highest BCUT2D eigenvalue weighted by Gasteiger charge is 2.26. The van der Waals surface area contributed by atoms with Crippen LogP contribution in [0.3, 0.4) is 0 Å². The molecule has 1 aromatic heterocycles. The van der Waals surface area contributed by atoms with Gasteiger partial charge < -0.3 is 5.32 Å². The van der Waals surface area contributed by atoms with Crippen LogP contribution in [0.15, 0.2) is 23.6 Å². The number of benzene rings is 1. The number of thiazole rings is 1. The number of hydrogen-bond acceptors (Lipinski definition) is 5. The van der Waals surface area contributed by atoms with Gasteiger partial charge in [-0.15, -0.1) is 11.3 Å². The average Bonchev–Trinajstić information content (AvgIpc) is 3.14.